The summed E-state index contributed by atoms with van der Waals surface area (Å²) < 4.78 is 45.9. The molecule has 8 rings (SSSR count). The summed E-state index contributed by atoms with van der Waals surface area (Å²) in [6.45, 7) is 3.44. The van der Waals surface area contributed by atoms with E-state index in [4.69, 9.17) is 37.4 Å². The minimum Gasteiger partial charge on any atom is -0.492 e. The first-order valence-corrected chi connectivity index (χ1v) is 19.9. The average Bonchev–Trinajstić information content (AvgIpc) is 3.76. The summed E-state index contributed by atoms with van der Waals surface area (Å²) >= 11 is 13.9. The van der Waals surface area contributed by atoms with Gasteiger partial charge in [0.2, 0.25) is 5.92 Å². The third-order valence-corrected chi connectivity index (χ3v) is 12.2. The van der Waals surface area contributed by atoms with Crippen molar-refractivity contribution in [1.82, 2.24) is 15.2 Å². The van der Waals surface area contributed by atoms with Crippen molar-refractivity contribution in [2.75, 3.05) is 26.2 Å². The lowest BCUT2D eigenvalue weighted by molar-refractivity contribution is -0.213. The number of nitrogens with one attached hydrogen (secondary N) is 1. The molecular formula is C43H44Cl2F2N4O4. The molecule has 55 heavy (non-hydrogen) atoms. The number of ether oxygens (including phenoxy) is 3. The molecule has 0 radical (unpaired) electrons. The summed E-state index contributed by atoms with van der Waals surface area (Å²) in [5.74, 6) is -0.766. The molecule has 1 saturated heterocycles. The van der Waals surface area contributed by atoms with Gasteiger partial charge in [0.15, 0.2) is 0 Å². The molecule has 12 heteroatoms. The number of rotatable bonds is 14. The van der Waals surface area contributed by atoms with E-state index in [1.165, 1.54) is 6.20 Å². The monoisotopic (exact) mass is 788 g/mol. The highest BCUT2D eigenvalue weighted by Gasteiger charge is 2.61. The van der Waals surface area contributed by atoms with Gasteiger partial charge in [0.1, 0.15) is 36.0 Å². The van der Waals surface area contributed by atoms with Crippen molar-refractivity contribution < 1.29 is 28.1 Å². The van der Waals surface area contributed by atoms with Gasteiger partial charge in [-0.25, -0.2) is 8.78 Å². The molecule has 0 amide bonds. The van der Waals surface area contributed by atoms with Crippen molar-refractivity contribution in [1.29, 1.82) is 5.26 Å². The molecule has 2 heterocycles. The van der Waals surface area contributed by atoms with E-state index in [2.05, 4.69) is 33.4 Å². The van der Waals surface area contributed by atoms with Crippen LogP contribution in [-0.2, 0) is 19.6 Å². The summed E-state index contributed by atoms with van der Waals surface area (Å²) in [7, 11) is 0. The quantitative estimate of drug-likeness (QED) is 0.122. The van der Waals surface area contributed by atoms with Crippen LogP contribution in [0.15, 0.2) is 67.0 Å². The van der Waals surface area contributed by atoms with Gasteiger partial charge in [-0.05, 0) is 73.4 Å². The average molecular weight is 790 g/mol. The maximum absolute atomic E-state index is 13.4. The van der Waals surface area contributed by atoms with Crippen molar-refractivity contribution in [3.8, 4) is 34.4 Å². The first-order valence-electron chi connectivity index (χ1n) is 19.1. The van der Waals surface area contributed by atoms with Gasteiger partial charge in [-0.15, -0.1) is 0 Å². The number of aromatic nitrogens is 1. The number of aliphatic hydroxyl groups is 1. The largest absolute Gasteiger partial charge is 0.492 e. The highest BCUT2D eigenvalue weighted by molar-refractivity contribution is 6.35. The number of benzene rings is 3. The van der Waals surface area contributed by atoms with Crippen molar-refractivity contribution in [2.24, 2.45) is 5.41 Å². The summed E-state index contributed by atoms with van der Waals surface area (Å²) in [6, 6.07) is 19.6. The Labute approximate surface area is 330 Å². The minimum atomic E-state index is -2.48. The SMILES string of the molecule is N#Cc1cncc(COc2cc(O[C@H]3CCc4c(-c5cccc(OCCCN6CC7(C6)CC(F)(F)C7)c5Cl)cccc43)c(Cl)cc2CN[C@H]2CCC[C@@H]2O)c1. The van der Waals surface area contributed by atoms with Gasteiger partial charge in [0, 0.05) is 85.6 Å². The van der Waals surface area contributed by atoms with Crippen LogP contribution in [0.3, 0.4) is 0 Å². The Morgan fingerprint density at radius 3 is 2.56 bits per heavy atom. The molecule has 2 N–H and O–H groups in total. The fourth-order valence-corrected chi connectivity index (χ4v) is 9.43. The van der Waals surface area contributed by atoms with Crippen LogP contribution in [0.25, 0.3) is 11.1 Å². The Morgan fingerprint density at radius 1 is 0.964 bits per heavy atom. The molecule has 4 aromatic rings. The van der Waals surface area contributed by atoms with E-state index in [0.717, 1.165) is 91.5 Å². The summed E-state index contributed by atoms with van der Waals surface area (Å²) in [5.41, 5.74) is 6.03. The van der Waals surface area contributed by atoms with E-state index < -0.39 is 5.92 Å². The number of nitriles is 1. The van der Waals surface area contributed by atoms with Crippen LogP contribution < -0.4 is 19.5 Å². The Bertz CT molecular complexity index is 2080. The Kier molecular flexibility index (Phi) is 10.9. The van der Waals surface area contributed by atoms with E-state index in [-0.39, 0.29) is 43.1 Å². The molecule has 0 bridgehead atoms. The fraction of sp³-hybridized carbons (Fsp3) is 0.442. The van der Waals surface area contributed by atoms with E-state index in [1.54, 1.807) is 12.3 Å². The maximum atomic E-state index is 13.4. The lowest BCUT2D eigenvalue weighted by atomic mass is 9.61. The molecule has 3 aliphatic carbocycles. The highest BCUT2D eigenvalue weighted by atomic mass is 35.5. The molecule has 288 valence electrons. The number of likely N-dealkylation sites (tertiary alicyclic amines) is 1. The van der Waals surface area contributed by atoms with Crippen molar-refractivity contribution in [3.05, 3.63) is 105 Å². The van der Waals surface area contributed by atoms with E-state index in [0.29, 0.717) is 46.0 Å². The first-order chi connectivity index (χ1) is 26.6. The molecular weight excluding hydrogens is 745 g/mol. The molecule has 2 saturated carbocycles. The second-order valence-corrected chi connectivity index (χ2v) is 16.4. The van der Waals surface area contributed by atoms with Gasteiger partial charge in [0.25, 0.3) is 0 Å². The first kappa shape index (κ1) is 37.9. The predicted octanol–water partition coefficient (Wildman–Crippen LogP) is 9.08. The number of hydrogen-bond donors (Lipinski definition) is 2. The molecule has 8 nitrogen and oxygen atoms in total. The number of fused-ring (bicyclic) bond motifs is 1. The van der Waals surface area contributed by atoms with Crippen LogP contribution in [0.1, 0.15) is 78.9 Å². The van der Waals surface area contributed by atoms with E-state index in [9.17, 15) is 19.1 Å². The van der Waals surface area contributed by atoms with Crippen molar-refractivity contribution in [2.45, 2.75) is 88.7 Å². The molecule has 4 aliphatic rings. The second-order valence-electron chi connectivity index (χ2n) is 15.6. The molecule has 0 unspecified atom stereocenters. The van der Waals surface area contributed by atoms with Crippen molar-refractivity contribution in [3.63, 3.8) is 0 Å². The topological polar surface area (TPSA) is 99.9 Å². The Hall–Kier alpha value is -3.98. The Balaban J connectivity index is 0.949. The molecule has 1 spiro atoms. The Morgan fingerprint density at radius 2 is 1.78 bits per heavy atom. The smallest absolute Gasteiger partial charge is 0.249 e. The van der Waals surface area contributed by atoms with Crippen LogP contribution in [0.4, 0.5) is 8.78 Å². The van der Waals surface area contributed by atoms with Gasteiger partial charge < -0.3 is 29.5 Å². The summed E-state index contributed by atoms with van der Waals surface area (Å²) in [5, 5.41) is 24.2. The second kappa shape index (κ2) is 15.9. The maximum Gasteiger partial charge on any atom is 0.249 e. The zero-order valence-electron chi connectivity index (χ0n) is 30.5. The van der Waals surface area contributed by atoms with Crippen LogP contribution >= 0.6 is 23.2 Å². The molecule has 1 aromatic heterocycles. The van der Waals surface area contributed by atoms with Gasteiger partial charge >= 0.3 is 0 Å². The number of halogens is 4. The van der Waals surface area contributed by atoms with Gasteiger partial charge in [-0.3, -0.25) is 4.98 Å². The standard InChI is InChI=1S/C43H44Cl2F2N4O4/c44-34-16-29(21-50-35-8-3-9-36(35)52)39(54-22-28-15-27(18-48)19-49-20-28)17-40(34)55-37-12-11-31-30(5-1-6-32(31)37)33-7-2-10-38(41(33)45)53-14-4-13-51-25-42(26-51)23-43(46,47)24-42/h1-2,5-7,10,15-17,19-20,35-37,50,52H,3-4,8-9,11-14,21-26H2/t35-,36-,37-/m0/s1. The fourth-order valence-electron chi connectivity index (χ4n) is 8.92. The lowest BCUT2D eigenvalue weighted by Gasteiger charge is -2.58. The van der Waals surface area contributed by atoms with Crippen LogP contribution in [0.5, 0.6) is 17.2 Å². The number of hydrogen-bond acceptors (Lipinski definition) is 8. The third-order valence-electron chi connectivity index (χ3n) is 11.5. The van der Waals surface area contributed by atoms with Crippen LogP contribution in [-0.4, -0.2) is 59.3 Å². The number of pyridine rings is 1. The molecule has 1 aliphatic heterocycles. The molecule has 3 fully saturated rings. The van der Waals surface area contributed by atoms with Gasteiger partial charge in [-0.1, -0.05) is 53.5 Å². The third kappa shape index (κ3) is 8.28. The van der Waals surface area contributed by atoms with Crippen LogP contribution in [0.2, 0.25) is 10.0 Å². The summed E-state index contributed by atoms with van der Waals surface area (Å²) in [4.78, 5) is 6.39. The zero-order chi connectivity index (χ0) is 38.2. The predicted molar refractivity (Wildman–Crippen MR) is 207 cm³/mol. The van der Waals surface area contributed by atoms with Crippen LogP contribution in [0, 0.1) is 16.7 Å². The normalized spacial score (nSPS) is 22.1. The molecule has 3 atom stereocenters. The number of nitrogens with zero attached hydrogens (tertiary/aromatic N) is 3. The van der Waals surface area contributed by atoms with Gasteiger partial charge in [-0.2, -0.15) is 5.26 Å². The minimum absolute atomic E-state index is 0.00107. The lowest BCUT2D eigenvalue weighted by Crippen LogP contribution is -2.65. The summed E-state index contributed by atoms with van der Waals surface area (Å²) in [6.07, 6.45) is 7.57. The number of aliphatic hydroxyl groups excluding tert-OH is 1. The zero-order valence-corrected chi connectivity index (χ0v) is 32.0. The van der Waals surface area contributed by atoms with E-state index >= 15 is 0 Å². The van der Waals surface area contributed by atoms with Crippen molar-refractivity contribution >= 4 is 23.2 Å². The highest BCUT2D eigenvalue weighted by Crippen LogP contribution is 2.56. The number of alkyl halides is 2. The molecule has 3 aromatic carbocycles. The van der Waals surface area contributed by atoms with E-state index in [1.807, 2.05) is 36.4 Å². The van der Waals surface area contributed by atoms with Gasteiger partial charge in [0.05, 0.1) is 28.3 Å².